The van der Waals surface area contributed by atoms with Crippen molar-refractivity contribution in [3.8, 4) is 0 Å². The molecular weight excluding hydrogens is 436 g/mol. The summed E-state index contributed by atoms with van der Waals surface area (Å²) in [6.07, 6.45) is 5.99. The molecule has 0 aromatic carbocycles. The third-order valence-electron chi connectivity index (χ3n) is 5.12. The number of urea groups is 1. The molecule has 3 heterocycles. The fourth-order valence-electron chi connectivity index (χ4n) is 3.37. The fraction of sp³-hybridized carbons (Fsp3) is 0.632. The van der Waals surface area contributed by atoms with Crippen LogP contribution in [-0.2, 0) is 21.5 Å². The third-order valence-corrected chi connectivity index (χ3v) is 8.09. The smallest absolute Gasteiger partial charge is 0.320 e. The summed E-state index contributed by atoms with van der Waals surface area (Å²) >= 11 is 0. The van der Waals surface area contributed by atoms with Crippen LogP contribution in [-0.4, -0.2) is 73.4 Å². The zero-order chi connectivity index (χ0) is 22.6. The zero-order valence-corrected chi connectivity index (χ0v) is 20.4. The van der Waals surface area contributed by atoms with Crippen molar-refractivity contribution in [1.82, 2.24) is 24.2 Å². The molecule has 0 spiro atoms. The first kappa shape index (κ1) is 23.6. The number of carbonyl (C=O) groups excluding carboxylic acids is 1. The number of hydrogen-bond donors (Lipinski definition) is 2. The van der Waals surface area contributed by atoms with E-state index in [1.165, 1.54) is 16.8 Å². The van der Waals surface area contributed by atoms with Gasteiger partial charge in [-0.25, -0.2) is 27.5 Å². The summed E-state index contributed by atoms with van der Waals surface area (Å²) in [7, 11) is -4.39. The van der Waals surface area contributed by atoms with Crippen molar-refractivity contribution in [2.24, 2.45) is 0 Å². The Hall–Kier alpha value is -2.02. The van der Waals surface area contributed by atoms with E-state index < -0.39 is 24.1 Å². The summed E-state index contributed by atoms with van der Waals surface area (Å²) in [6.45, 7) is 8.83. The number of piperidine rings is 1. The van der Waals surface area contributed by atoms with E-state index in [-0.39, 0.29) is 12.6 Å². The van der Waals surface area contributed by atoms with Crippen LogP contribution in [0.5, 0.6) is 0 Å². The van der Waals surface area contributed by atoms with Crippen molar-refractivity contribution in [2.75, 3.05) is 31.3 Å². The molecule has 0 saturated carbocycles. The van der Waals surface area contributed by atoms with Gasteiger partial charge in [-0.05, 0) is 25.0 Å². The molecule has 3 rings (SSSR count). The number of fused-ring (bicyclic) bond motifs is 1. The van der Waals surface area contributed by atoms with Gasteiger partial charge >= 0.3 is 6.03 Å². The lowest BCUT2D eigenvalue weighted by atomic mass is 10.1. The van der Waals surface area contributed by atoms with Gasteiger partial charge in [-0.3, -0.25) is 5.32 Å². The highest BCUT2D eigenvalue weighted by Gasteiger charge is 2.26. The molecule has 1 aliphatic rings. The Bertz CT molecular complexity index is 1020. The van der Waals surface area contributed by atoms with Crippen molar-refractivity contribution in [3.05, 3.63) is 18.5 Å². The van der Waals surface area contributed by atoms with Crippen LogP contribution >= 0.6 is 0 Å². The number of nitrogens with one attached hydrogen (secondary N) is 2. The maximum absolute atomic E-state index is 12.4. The highest BCUT2D eigenvalue weighted by molar-refractivity contribution is 7.88. The number of carbonyl (C=O) groups is 1. The Morgan fingerprint density at radius 1 is 1.35 bits per heavy atom. The van der Waals surface area contributed by atoms with Gasteiger partial charge in [-0.15, -0.1) is 0 Å². The molecule has 2 aromatic rings. The normalized spacial score (nSPS) is 18.3. The van der Waals surface area contributed by atoms with E-state index in [2.05, 4.69) is 40.2 Å². The lowest BCUT2D eigenvalue weighted by Gasteiger charge is -2.31. The monoisotopic (exact) mass is 468 g/mol. The Balaban J connectivity index is 1.54. The second-order valence-electron chi connectivity index (χ2n) is 9.16. The average Bonchev–Trinajstić information content (AvgIpc) is 3.06. The highest BCUT2D eigenvalue weighted by Crippen LogP contribution is 2.16. The second-order valence-corrected chi connectivity index (χ2v) is 16.8. The first-order chi connectivity index (χ1) is 14.5. The van der Waals surface area contributed by atoms with Crippen LogP contribution in [0.25, 0.3) is 11.2 Å². The van der Waals surface area contributed by atoms with Crippen LogP contribution < -0.4 is 10.6 Å². The Morgan fingerprint density at radius 3 is 2.84 bits per heavy atom. The number of anilines is 1. The van der Waals surface area contributed by atoms with E-state index in [4.69, 9.17) is 4.74 Å². The van der Waals surface area contributed by atoms with Gasteiger partial charge in [0.1, 0.15) is 12.2 Å². The second kappa shape index (κ2) is 9.63. The number of hydrogen-bond acceptors (Lipinski definition) is 6. The minimum atomic E-state index is -3.26. The lowest BCUT2D eigenvalue weighted by molar-refractivity contribution is 0.0899. The fourth-order valence-corrected chi connectivity index (χ4v) is 5.03. The molecule has 1 saturated heterocycles. The number of rotatable bonds is 8. The summed E-state index contributed by atoms with van der Waals surface area (Å²) in [5, 5.41) is 5.51. The molecular formula is C19H32N6O4SSi. The van der Waals surface area contributed by atoms with Gasteiger partial charge in [0, 0.05) is 40.0 Å². The van der Waals surface area contributed by atoms with Crippen LogP contribution in [0.4, 0.5) is 10.6 Å². The van der Waals surface area contributed by atoms with Crippen molar-refractivity contribution >= 4 is 41.1 Å². The molecule has 172 valence electrons. The molecule has 10 nitrogen and oxygen atoms in total. The average molecular weight is 469 g/mol. The Morgan fingerprint density at radius 2 is 2.13 bits per heavy atom. The molecule has 0 bridgehead atoms. The van der Waals surface area contributed by atoms with E-state index in [0.29, 0.717) is 36.7 Å². The van der Waals surface area contributed by atoms with Crippen LogP contribution in [0.2, 0.25) is 25.7 Å². The quantitative estimate of drug-likeness (QED) is 0.453. The van der Waals surface area contributed by atoms with Crippen LogP contribution in [0.3, 0.4) is 0 Å². The van der Waals surface area contributed by atoms with Crippen LogP contribution in [0.15, 0.2) is 18.5 Å². The summed E-state index contributed by atoms with van der Waals surface area (Å²) < 4.78 is 32.5. The molecule has 0 unspecified atom stereocenters. The predicted octanol–water partition coefficient (Wildman–Crippen LogP) is 2.29. The minimum Gasteiger partial charge on any atom is -0.361 e. The third kappa shape index (κ3) is 6.99. The lowest BCUT2D eigenvalue weighted by Crippen LogP contribution is -2.50. The first-order valence-corrected chi connectivity index (χ1v) is 16.0. The molecule has 2 aromatic heterocycles. The molecule has 2 amide bonds. The summed E-state index contributed by atoms with van der Waals surface area (Å²) in [5.74, 6) is 0.332. The highest BCUT2D eigenvalue weighted by atomic mass is 32.2. The topological polar surface area (TPSA) is 118 Å². The molecule has 12 heteroatoms. The molecule has 1 atom stereocenters. The first-order valence-electron chi connectivity index (χ1n) is 10.4. The molecule has 1 aliphatic heterocycles. The van der Waals surface area contributed by atoms with Gasteiger partial charge in [-0.2, -0.15) is 0 Å². The van der Waals surface area contributed by atoms with Gasteiger partial charge in [-0.1, -0.05) is 19.6 Å². The number of aromatic nitrogens is 3. The van der Waals surface area contributed by atoms with E-state index >= 15 is 0 Å². The van der Waals surface area contributed by atoms with Gasteiger partial charge in [0.25, 0.3) is 0 Å². The summed E-state index contributed by atoms with van der Waals surface area (Å²) in [4.78, 5) is 21.2. The summed E-state index contributed by atoms with van der Waals surface area (Å²) in [6, 6.07) is 2.26. The number of amides is 2. The maximum atomic E-state index is 12.4. The van der Waals surface area contributed by atoms with Gasteiger partial charge in [0.15, 0.2) is 11.5 Å². The van der Waals surface area contributed by atoms with Crippen LogP contribution in [0, 0.1) is 0 Å². The zero-order valence-electron chi connectivity index (χ0n) is 18.6. The molecule has 0 aliphatic carbocycles. The molecule has 1 fully saturated rings. The van der Waals surface area contributed by atoms with Gasteiger partial charge in [0.05, 0.1) is 12.5 Å². The number of sulfonamides is 1. The van der Waals surface area contributed by atoms with E-state index in [9.17, 15) is 13.2 Å². The van der Waals surface area contributed by atoms with Crippen molar-refractivity contribution in [1.29, 1.82) is 0 Å². The standard InChI is InChI=1S/C19H32N6O4SSi/c1-30(27,28)25-8-5-6-15(13-25)21-19(26)23-17-12-20-18-16(22-17)7-9-24(18)14-29-10-11-31(2,3)4/h7,9,12,15H,5-6,8,10-11,13-14H2,1-4H3,(H2,21,22,23,26)/t15-/m0/s1. The maximum Gasteiger partial charge on any atom is 0.320 e. The van der Waals surface area contributed by atoms with Crippen molar-refractivity contribution in [3.63, 3.8) is 0 Å². The van der Waals surface area contributed by atoms with Gasteiger partial charge < -0.3 is 14.6 Å². The molecule has 31 heavy (non-hydrogen) atoms. The SMILES string of the molecule is C[Si](C)(C)CCOCn1ccc2nc(NC(=O)N[C@H]3CCCN(S(C)(=O)=O)C3)cnc21. The predicted molar refractivity (Wildman–Crippen MR) is 123 cm³/mol. The molecule has 0 radical (unpaired) electrons. The largest absolute Gasteiger partial charge is 0.361 e. The van der Waals surface area contributed by atoms with Gasteiger partial charge in [0.2, 0.25) is 10.0 Å². The summed E-state index contributed by atoms with van der Waals surface area (Å²) in [5.41, 5.74) is 1.35. The molecule has 2 N–H and O–H groups in total. The number of ether oxygens (including phenoxy) is 1. The van der Waals surface area contributed by atoms with E-state index in [0.717, 1.165) is 19.1 Å². The Kier molecular flexibility index (Phi) is 7.34. The minimum absolute atomic E-state index is 0.241. The Labute approximate surface area is 184 Å². The van der Waals surface area contributed by atoms with Crippen LogP contribution in [0.1, 0.15) is 12.8 Å². The van der Waals surface area contributed by atoms with Crippen molar-refractivity contribution in [2.45, 2.75) is 51.3 Å². The van der Waals surface area contributed by atoms with E-state index in [1.54, 1.807) is 0 Å². The number of nitrogens with zero attached hydrogens (tertiary/aromatic N) is 4. The van der Waals surface area contributed by atoms with Crippen molar-refractivity contribution < 1.29 is 17.9 Å². The van der Waals surface area contributed by atoms with E-state index in [1.807, 2.05) is 16.8 Å².